The molecule has 0 atom stereocenters. The number of piperazine rings is 1. The van der Waals surface area contributed by atoms with Crippen LogP contribution < -0.4 is 4.90 Å². The third kappa shape index (κ3) is 4.40. The minimum Gasteiger partial charge on any atom is -0.352 e. The van der Waals surface area contributed by atoms with Crippen LogP contribution in [-0.2, 0) is 11.3 Å². The van der Waals surface area contributed by atoms with Crippen molar-refractivity contribution in [1.82, 2.24) is 29.9 Å². The zero-order valence-electron chi connectivity index (χ0n) is 15.4. The van der Waals surface area contributed by atoms with Gasteiger partial charge in [0.15, 0.2) is 0 Å². The Bertz CT molecular complexity index is 931. The van der Waals surface area contributed by atoms with Gasteiger partial charge in [-0.15, -0.1) is 5.10 Å². The molecule has 1 aliphatic rings. The van der Waals surface area contributed by atoms with E-state index in [0.717, 1.165) is 24.5 Å². The maximum absolute atomic E-state index is 12.5. The first kappa shape index (κ1) is 17.8. The van der Waals surface area contributed by atoms with Gasteiger partial charge in [-0.25, -0.2) is 9.67 Å². The normalized spacial score (nSPS) is 14.6. The van der Waals surface area contributed by atoms with Gasteiger partial charge in [0.2, 0.25) is 5.91 Å². The molecule has 3 aromatic rings. The Morgan fingerprint density at radius 3 is 2.64 bits per heavy atom. The Balaban J connectivity index is 1.30. The molecule has 0 aliphatic carbocycles. The highest BCUT2D eigenvalue weighted by Crippen LogP contribution is 2.12. The van der Waals surface area contributed by atoms with Gasteiger partial charge in [0, 0.05) is 44.6 Å². The van der Waals surface area contributed by atoms with Crippen LogP contribution in [-0.4, -0.2) is 61.9 Å². The van der Waals surface area contributed by atoms with Gasteiger partial charge in [-0.2, -0.15) is 0 Å². The summed E-state index contributed by atoms with van der Waals surface area (Å²) >= 11 is 0. The summed E-state index contributed by atoms with van der Waals surface area (Å²) in [6, 6.07) is 10.1. The number of carbonyl (C=O) groups is 1. The second kappa shape index (κ2) is 8.43. The fraction of sp³-hybridized carbons (Fsp3) is 0.250. The van der Waals surface area contributed by atoms with E-state index in [2.05, 4.69) is 25.2 Å². The van der Waals surface area contributed by atoms with E-state index in [9.17, 15) is 4.79 Å². The van der Waals surface area contributed by atoms with Crippen LogP contribution in [0.5, 0.6) is 0 Å². The molecule has 8 heteroatoms. The van der Waals surface area contributed by atoms with Gasteiger partial charge >= 0.3 is 0 Å². The molecule has 0 unspecified atom stereocenters. The standard InChI is InChI=1S/C20H21N7O/c28-20(26-12-10-25(11-13-26)19-14-21-8-9-22-19)7-6-18-16-27(24-23-18)15-17-4-2-1-3-5-17/h1-9,14,16H,10-13,15H2/b7-6-. The number of carbonyl (C=O) groups excluding carboxylic acids is 1. The molecule has 0 bridgehead atoms. The number of aromatic nitrogens is 5. The van der Waals surface area contributed by atoms with Gasteiger partial charge in [0.25, 0.3) is 0 Å². The molecule has 1 amide bonds. The Morgan fingerprint density at radius 2 is 1.89 bits per heavy atom. The van der Waals surface area contributed by atoms with Crippen molar-refractivity contribution >= 4 is 17.8 Å². The topological polar surface area (TPSA) is 80.0 Å². The highest BCUT2D eigenvalue weighted by molar-refractivity contribution is 5.91. The van der Waals surface area contributed by atoms with E-state index in [1.807, 2.05) is 41.4 Å². The summed E-state index contributed by atoms with van der Waals surface area (Å²) in [6.07, 6.45) is 10.2. The van der Waals surface area contributed by atoms with E-state index in [0.29, 0.717) is 25.3 Å². The van der Waals surface area contributed by atoms with Crippen molar-refractivity contribution in [2.24, 2.45) is 0 Å². The molecule has 142 valence electrons. The molecule has 2 aromatic heterocycles. The van der Waals surface area contributed by atoms with Crippen LogP contribution in [0.3, 0.4) is 0 Å². The third-order valence-corrected chi connectivity index (χ3v) is 4.61. The molecule has 1 fully saturated rings. The highest BCUT2D eigenvalue weighted by atomic mass is 16.2. The Labute approximate surface area is 163 Å². The maximum atomic E-state index is 12.5. The molecule has 8 nitrogen and oxygen atoms in total. The second-order valence-corrected chi connectivity index (χ2v) is 6.54. The Kier molecular flexibility index (Phi) is 5.37. The van der Waals surface area contributed by atoms with Gasteiger partial charge < -0.3 is 9.80 Å². The Morgan fingerprint density at radius 1 is 1.07 bits per heavy atom. The van der Waals surface area contributed by atoms with Gasteiger partial charge in [0.1, 0.15) is 11.5 Å². The molecule has 0 spiro atoms. The van der Waals surface area contributed by atoms with Crippen LogP contribution in [0, 0.1) is 0 Å². The summed E-state index contributed by atoms with van der Waals surface area (Å²) in [5.41, 5.74) is 1.82. The van der Waals surface area contributed by atoms with Gasteiger partial charge in [0.05, 0.1) is 18.9 Å². The van der Waals surface area contributed by atoms with Crippen molar-refractivity contribution in [3.05, 3.63) is 72.5 Å². The van der Waals surface area contributed by atoms with Crippen LogP contribution in [0.15, 0.2) is 61.2 Å². The number of nitrogens with zero attached hydrogens (tertiary/aromatic N) is 7. The first-order chi connectivity index (χ1) is 13.8. The molecule has 1 aromatic carbocycles. The first-order valence-corrected chi connectivity index (χ1v) is 9.20. The predicted octanol–water partition coefficient (Wildman–Crippen LogP) is 1.48. The molecular formula is C20H21N7O. The molecular weight excluding hydrogens is 354 g/mol. The van der Waals surface area contributed by atoms with Crippen LogP contribution >= 0.6 is 0 Å². The first-order valence-electron chi connectivity index (χ1n) is 9.20. The summed E-state index contributed by atoms with van der Waals surface area (Å²) < 4.78 is 1.76. The highest BCUT2D eigenvalue weighted by Gasteiger charge is 2.20. The molecule has 0 radical (unpaired) electrons. The maximum Gasteiger partial charge on any atom is 0.246 e. The molecule has 1 saturated heterocycles. The van der Waals surface area contributed by atoms with Crippen LogP contribution in [0.4, 0.5) is 5.82 Å². The van der Waals surface area contributed by atoms with E-state index in [-0.39, 0.29) is 5.91 Å². The van der Waals surface area contributed by atoms with Crippen LogP contribution in [0.25, 0.3) is 6.08 Å². The summed E-state index contributed by atoms with van der Waals surface area (Å²) in [7, 11) is 0. The predicted molar refractivity (Wildman–Crippen MR) is 105 cm³/mol. The van der Waals surface area contributed by atoms with E-state index >= 15 is 0 Å². The van der Waals surface area contributed by atoms with Crippen LogP contribution in [0.2, 0.25) is 0 Å². The van der Waals surface area contributed by atoms with Crippen molar-refractivity contribution < 1.29 is 4.79 Å². The zero-order valence-corrected chi connectivity index (χ0v) is 15.4. The van der Waals surface area contributed by atoms with Crippen molar-refractivity contribution in [2.75, 3.05) is 31.1 Å². The number of hydrogen-bond acceptors (Lipinski definition) is 6. The van der Waals surface area contributed by atoms with E-state index in [1.165, 1.54) is 0 Å². The molecule has 1 aliphatic heterocycles. The number of rotatable bonds is 5. The number of anilines is 1. The lowest BCUT2D eigenvalue weighted by molar-refractivity contribution is -0.126. The average molecular weight is 375 g/mol. The SMILES string of the molecule is O=C(/C=C\c1cn(Cc2ccccc2)nn1)N1CCN(c2cnccn2)CC1. The minimum absolute atomic E-state index is 0.0172. The smallest absolute Gasteiger partial charge is 0.246 e. The summed E-state index contributed by atoms with van der Waals surface area (Å²) in [5.74, 6) is 0.830. The van der Waals surface area contributed by atoms with Gasteiger partial charge in [-0.3, -0.25) is 9.78 Å². The molecule has 4 rings (SSSR count). The molecule has 3 heterocycles. The summed E-state index contributed by atoms with van der Waals surface area (Å²) in [5, 5.41) is 8.23. The van der Waals surface area contributed by atoms with Gasteiger partial charge in [-0.1, -0.05) is 35.5 Å². The minimum atomic E-state index is -0.0172. The molecule has 0 N–H and O–H groups in total. The lowest BCUT2D eigenvalue weighted by atomic mass is 10.2. The third-order valence-electron chi connectivity index (χ3n) is 4.61. The second-order valence-electron chi connectivity index (χ2n) is 6.54. The lowest BCUT2D eigenvalue weighted by Crippen LogP contribution is -2.48. The largest absolute Gasteiger partial charge is 0.352 e. The number of hydrogen-bond donors (Lipinski definition) is 0. The Hall–Kier alpha value is -3.55. The fourth-order valence-electron chi connectivity index (χ4n) is 3.11. The summed E-state index contributed by atoms with van der Waals surface area (Å²) in [6.45, 7) is 3.44. The van der Waals surface area contributed by atoms with E-state index in [1.54, 1.807) is 35.4 Å². The zero-order chi connectivity index (χ0) is 19.2. The van der Waals surface area contributed by atoms with Crippen molar-refractivity contribution in [2.45, 2.75) is 6.54 Å². The lowest BCUT2D eigenvalue weighted by Gasteiger charge is -2.34. The average Bonchev–Trinajstić information content (AvgIpc) is 3.21. The number of benzene rings is 1. The van der Waals surface area contributed by atoms with E-state index in [4.69, 9.17) is 0 Å². The monoisotopic (exact) mass is 375 g/mol. The van der Waals surface area contributed by atoms with Gasteiger partial charge in [-0.05, 0) is 11.6 Å². The quantitative estimate of drug-likeness (QED) is 0.629. The van der Waals surface area contributed by atoms with E-state index < -0.39 is 0 Å². The summed E-state index contributed by atoms with van der Waals surface area (Å²) in [4.78, 5) is 24.8. The molecule has 0 saturated carbocycles. The van der Waals surface area contributed by atoms with Crippen molar-refractivity contribution in [1.29, 1.82) is 0 Å². The van der Waals surface area contributed by atoms with Crippen LogP contribution in [0.1, 0.15) is 11.3 Å². The molecule has 28 heavy (non-hydrogen) atoms. The number of amides is 1. The van der Waals surface area contributed by atoms with Crippen molar-refractivity contribution in [3.63, 3.8) is 0 Å². The fourth-order valence-corrected chi connectivity index (χ4v) is 3.11. The van der Waals surface area contributed by atoms with Crippen molar-refractivity contribution in [3.8, 4) is 0 Å².